The van der Waals surface area contributed by atoms with Crippen LogP contribution in [-0.4, -0.2) is 38.9 Å². The van der Waals surface area contributed by atoms with Crippen molar-refractivity contribution in [1.29, 1.82) is 0 Å². The van der Waals surface area contributed by atoms with Crippen molar-refractivity contribution < 1.29 is 38.9 Å². The Morgan fingerprint density at radius 3 is 1.65 bits per heavy atom. The zero-order valence-electron chi connectivity index (χ0n) is 12.7. The molecule has 0 heterocycles. The van der Waals surface area contributed by atoms with Gasteiger partial charge in [-0.3, -0.25) is 13.7 Å². The van der Waals surface area contributed by atoms with E-state index >= 15 is 0 Å². The van der Waals surface area contributed by atoms with E-state index in [4.69, 9.17) is 0 Å². The summed E-state index contributed by atoms with van der Waals surface area (Å²) in [7, 11) is -14.6. The zero-order valence-corrected chi connectivity index (χ0v) is 15.2. The Labute approximate surface area is 149 Å². The van der Waals surface area contributed by atoms with Crippen LogP contribution in [-0.2, 0) is 30.4 Å². The Kier molecular flexibility index (Phi) is 5.37. The van der Waals surface area contributed by atoms with Crippen molar-refractivity contribution in [3.63, 3.8) is 0 Å². The van der Waals surface area contributed by atoms with E-state index in [1.54, 1.807) is 0 Å². The maximum Gasteiger partial charge on any atom is 0.295 e. The van der Waals surface area contributed by atoms with E-state index in [0.717, 1.165) is 24.3 Å². The summed E-state index contributed by atoms with van der Waals surface area (Å²) in [5.41, 5.74) is -0.907. The summed E-state index contributed by atoms with van der Waals surface area (Å²) in [4.78, 5) is -2.46. The number of hydrogen-bond acceptors (Lipinski definition) is 6. The molecule has 140 valence electrons. The molecule has 2 aromatic rings. The van der Waals surface area contributed by atoms with E-state index in [1.807, 2.05) is 0 Å². The van der Waals surface area contributed by atoms with Gasteiger partial charge in [0.2, 0.25) is 0 Å². The van der Waals surface area contributed by atoms with Gasteiger partial charge in [0.1, 0.15) is 14.7 Å². The van der Waals surface area contributed by atoms with Crippen LogP contribution in [0.2, 0.25) is 0 Å². The quantitative estimate of drug-likeness (QED) is 0.481. The van der Waals surface area contributed by atoms with E-state index in [-0.39, 0.29) is 5.56 Å². The Hall–Kier alpha value is -2.09. The number of rotatable bonds is 5. The minimum atomic E-state index is -5.05. The third-order valence-electron chi connectivity index (χ3n) is 3.19. The second kappa shape index (κ2) is 6.90. The topological polar surface area (TPSA) is 163 Å². The summed E-state index contributed by atoms with van der Waals surface area (Å²) < 4.78 is 97.4. The lowest BCUT2D eigenvalue weighted by Gasteiger charge is -2.10. The van der Waals surface area contributed by atoms with Crippen LogP contribution in [0.3, 0.4) is 0 Å². The van der Waals surface area contributed by atoms with Gasteiger partial charge in [-0.05, 0) is 23.8 Å². The predicted molar refractivity (Wildman–Crippen MR) is 91.9 cm³/mol. The van der Waals surface area contributed by atoms with Gasteiger partial charge in [0.05, 0.1) is 0 Å². The fourth-order valence-electron chi connectivity index (χ4n) is 2.16. The number of benzene rings is 2. The lowest BCUT2D eigenvalue weighted by Crippen LogP contribution is -2.08. The second-order valence-corrected chi connectivity index (χ2v) is 9.14. The molecule has 0 aliphatic heterocycles. The minimum absolute atomic E-state index is 0.326. The Balaban J connectivity index is 2.90. The molecule has 12 heteroatoms. The molecule has 0 saturated carbocycles. The molecular formula is C14H12O9S3. The Morgan fingerprint density at radius 1 is 0.692 bits per heavy atom. The van der Waals surface area contributed by atoms with Crippen LogP contribution in [0.1, 0.15) is 11.1 Å². The largest absolute Gasteiger partial charge is 0.295 e. The summed E-state index contributed by atoms with van der Waals surface area (Å²) in [5.74, 6) is 0. The molecule has 0 amide bonds. The third kappa shape index (κ3) is 4.55. The molecule has 3 N–H and O–H groups in total. The minimum Gasteiger partial charge on any atom is -0.282 e. The molecule has 2 aromatic carbocycles. The highest BCUT2D eigenvalue weighted by Crippen LogP contribution is 2.30. The van der Waals surface area contributed by atoms with Crippen LogP contribution < -0.4 is 0 Å². The van der Waals surface area contributed by atoms with E-state index in [0.29, 0.717) is 6.08 Å². The van der Waals surface area contributed by atoms with Gasteiger partial charge in [-0.25, -0.2) is 0 Å². The monoisotopic (exact) mass is 420 g/mol. The van der Waals surface area contributed by atoms with Gasteiger partial charge in [0.25, 0.3) is 30.4 Å². The SMILES string of the molecule is O=S(=O)(O)C(=Cc1ccccc1S(=O)(=O)O)c1ccccc1S(=O)(=O)O. The van der Waals surface area contributed by atoms with Gasteiger partial charge in [-0.1, -0.05) is 36.4 Å². The summed E-state index contributed by atoms with van der Waals surface area (Å²) in [6.07, 6.45) is 0.669. The molecule has 0 bridgehead atoms. The fraction of sp³-hybridized carbons (Fsp3) is 0. The molecule has 0 saturated heterocycles. The van der Waals surface area contributed by atoms with Crippen LogP contribution in [0, 0.1) is 0 Å². The van der Waals surface area contributed by atoms with Crippen LogP contribution in [0.5, 0.6) is 0 Å². The molecule has 0 aromatic heterocycles. The molecule has 0 atom stereocenters. The molecule has 2 rings (SSSR count). The molecule has 0 aliphatic rings. The zero-order chi connectivity index (χ0) is 19.8. The fourth-order valence-corrected chi connectivity index (χ4v) is 4.34. The third-order valence-corrected chi connectivity index (χ3v) is 5.92. The summed E-state index contributed by atoms with van der Waals surface area (Å²) in [5, 5.41) is 0. The molecule has 0 radical (unpaired) electrons. The molecule has 26 heavy (non-hydrogen) atoms. The van der Waals surface area contributed by atoms with E-state index in [9.17, 15) is 38.9 Å². The summed E-state index contributed by atoms with van der Waals surface area (Å²) >= 11 is 0. The van der Waals surface area contributed by atoms with E-state index in [1.165, 1.54) is 24.3 Å². The van der Waals surface area contributed by atoms with Gasteiger partial charge in [0.15, 0.2) is 0 Å². The second-order valence-electron chi connectivity index (χ2n) is 4.97. The van der Waals surface area contributed by atoms with Gasteiger partial charge in [-0.15, -0.1) is 0 Å². The van der Waals surface area contributed by atoms with Crippen LogP contribution in [0.25, 0.3) is 11.0 Å². The highest BCUT2D eigenvalue weighted by Gasteiger charge is 2.25. The normalized spacial score (nSPS) is 13.6. The first-order chi connectivity index (χ1) is 11.8. The van der Waals surface area contributed by atoms with Crippen molar-refractivity contribution >= 4 is 41.3 Å². The standard InChI is InChI=1S/C14H12O9S3/c15-24(16,17)12-7-3-1-5-10(12)9-14(26(21,22)23)11-6-2-4-8-13(11)25(18,19)20/h1-9H,(H,15,16,17)(H,18,19,20)(H,21,22,23). The van der Waals surface area contributed by atoms with Crippen LogP contribution in [0.15, 0.2) is 58.3 Å². The number of hydrogen-bond donors (Lipinski definition) is 3. The average Bonchev–Trinajstić information content (AvgIpc) is 2.50. The molecular weight excluding hydrogens is 408 g/mol. The van der Waals surface area contributed by atoms with E-state index in [2.05, 4.69) is 0 Å². The maximum absolute atomic E-state index is 11.8. The van der Waals surface area contributed by atoms with Gasteiger partial charge >= 0.3 is 0 Å². The average molecular weight is 420 g/mol. The van der Waals surface area contributed by atoms with Crippen molar-refractivity contribution in [1.82, 2.24) is 0 Å². The summed E-state index contributed by atoms with van der Waals surface area (Å²) in [6.45, 7) is 0. The molecule has 0 spiro atoms. The van der Waals surface area contributed by atoms with Gasteiger partial charge in [0, 0.05) is 5.56 Å². The lowest BCUT2D eigenvalue weighted by molar-refractivity contribution is 0.480. The highest BCUT2D eigenvalue weighted by molar-refractivity contribution is 7.95. The van der Waals surface area contributed by atoms with Crippen LogP contribution in [0.4, 0.5) is 0 Å². The Morgan fingerprint density at radius 2 is 1.15 bits per heavy atom. The molecule has 0 unspecified atom stereocenters. The summed E-state index contributed by atoms with van der Waals surface area (Å²) in [6, 6.07) is 9.06. The van der Waals surface area contributed by atoms with Gasteiger partial charge < -0.3 is 0 Å². The lowest BCUT2D eigenvalue weighted by atomic mass is 10.1. The van der Waals surface area contributed by atoms with Crippen molar-refractivity contribution in [3.05, 3.63) is 59.7 Å². The predicted octanol–water partition coefficient (Wildman–Crippen LogP) is 1.57. The molecule has 0 aliphatic carbocycles. The Bertz CT molecular complexity index is 1190. The van der Waals surface area contributed by atoms with Crippen molar-refractivity contribution in [3.8, 4) is 0 Å². The van der Waals surface area contributed by atoms with Gasteiger partial charge in [-0.2, -0.15) is 25.3 Å². The van der Waals surface area contributed by atoms with Crippen LogP contribution >= 0.6 is 0 Å². The van der Waals surface area contributed by atoms with Crippen molar-refractivity contribution in [2.24, 2.45) is 0 Å². The first-order valence-corrected chi connectivity index (χ1v) is 11.0. The molecule has 9 nitrogen and oxygen atoms in total. The van der Waals surface area contributed by atoms with E-state index < -0.39 is 50.6 Å². The maximum atomic E-state index is 11.8. The van der Waals surface area contributed by atoms with Crippen molar-refractivity contribution in [2.75, 3.05) is 0 Å². The first-order valence-electron chi connectivity index (χ1n) is 6.64. The molecule has 0 fully saturated rings. The van der Waals surface area contributed by atoms with Crippen molar-refractivity contribution in [2.45, 2.75) is 9.79 Å². The highest BCUT2D eigenvalue weighted by atomic mass is 32.2. The first kappa shape index (κ1) is 20.2. The smallest absolute Gasteiger partial charge is 0.282 e.